The van der Waals surface area contributed by atoms with Crippen LogP contribution in [0.3, 0.4) is 0 Å². The van der Waals surface area contributed by atoms with E-state index in [1.54, 1.807) is 0 Å². The fourth-order valence-corrected chi connectivity index (χ4v) is 4.76. The summed E-state index contributed by atoms with van der Waals surface area (Å²) >= 11 is 0. The minimum Gasteiger partial charge on any atom is -0.342 e. The zero-order valence-corrected chi connectivity index (χ0v) is 16.2. The molecule has 4 rings (SSSR count). The molecule has 2 saturated heterocycles. The summed E-state index contributed by atoms with van der Waals surface area (Å²) in [6.45, 7) is 5.60. The Morgan fingerprint density at radius 2 is 1.46 bits per heavy atom. The highest BCUT2D eigenvalue weighted by atomic mass is 16.2. The molecule has 3 heteroatoms. The number of carbonyl (C=O) groups is 1. The Hall–Kier alpha value is -1.35. The first kappa shape index (κ1) is 18.0. The number of benzene rings is 1. The van der Waals surface area contributed by atoms with Gasteiger partial charge >= 0.3 is 0 Å². The lowest BCUT2D eigenvalue weighted by Crippen LogP contribution is -2.43. The second kappa shape index (κ2) is 8.56. The summed E-state index contributed by atoms with van der Waals surface area (Å²) in [6.07, 6.45) is 11.2. The molecule has 0 bridgehead atoms. The van der Waals surface area contributed by atoms with Crippen molar-refractivity contribution in [3.8, 4) is 0 Å². The predicted molar refractivity (Wildman–Crippen MR) is 106 cm³/mol. The first-order valence-corrected chi connectivity index (χ1v) is 10.9. The van der Waals surface area contributed by atoms with E-state index in [1.807, 2.05) is 0 Å². The Bertz CT molecular complexity index is 579. The van der Waals surface area contributed by atoms with Crippen molar-refractivity contribution in [3.05, 3.63) is 35.4 Å². The van der Waals surface area contributed by atoms with Crippen LogP contribution >= 0.6 is 0 Å². The molecule has 0 radical (unpaired) electrons. The number of nitrogens with zero attached hydrogens (tertiary/aromatic N) is 2. The summed E-state index contributed by atoms with van der Waals surface area (Å²) in [5.74, 6) is 1.55. The lowest BCUT2D eigenvalue weighted by atomic mass is 9.83. The van der Waals surface area contributed by atoms with Crippen molar-refractivity contribution in [1.82, 2.24) is 9.80 Å². The SMILES string of the molecule is O=C(C1CCC1)N1CCC(Cc2ccc(CN3CCCCC3)cc2)CC1. The molecule has 0 atom stereocenters. The van der Waals surface area contributed by atoms with E-state index >= 15 is 0 Å². The summed E-state index contributed by atoms with van der Waals surface area (Å²) in [4.78, 5) is 17.1. The van der Waals surface area contributed by atoms with E-state index in [1.165, 1.54) is 69.2 Å². The molecule has 1 saturated carbocycles. The molecule has 1 aliphatic carbocycles. The van der Waals surface area contributed by atoms with Crippen LogP contribution in [0.4, 0.5) is 0 Å². The van der Waals surface area contributed by atoms with Crippen LogP contribution in [0, 0.1) is 11.8 Å². The monoisotopic (exact) mass is 354 g/mol. The predicted octanol–water partition coefficient (Wildman–Crippen LogP) is 4.25. The van der Waals surface area contributed by atoms with Crippen LogP contribution in [0.2, 0.25) is 0 Å². The molecular formula is C23H34N2O. The maximum absolute atomic E-state index is 12.4. The highest BCUT2D eigenvalue weighted by molar-refractivity contribution is 5.79. The van der Waals surface area contributed by atoms with Crippen LogP contribution in [0.15, 0.2) is 24.3 Å². The van der Waals surface area contributed by atoms with Gasteiger partial charge in [-0.2, -0.15) is 0 Å². The number of hydrogen-bond donors (Lipinski definition) is 0. The number of hydrogen-bond acceptors (Lipinski definition) is 2. The first-order valence-electron chi connectivity index (χ1n) is 10.9. The van der Waals surface area contributed by atoms with Crippen LogP contribution in [0.5, 0.6) is 0 Å². The van der Waals surface area contributed by atoms with Gasteiger partial charge in [-0.25, -0.2) is 0 Å². The van der Waals surface area contributed by atoms with Crippen molar-refractivity contribution >= 4 is 5.91 Å². The van der Waals surface area contributed by atoms with Gasteiger partial charge in [0.2, 0.25) is 5.91 Å². The Kier molecular flexibility index (Phi) is 5.94. The molecule has 0 unspecified atom stereocenters. The van der Waals surface area contributed by atoms with Gasteiger partial charge in [-0.1, -0.05) is 37.1 Å². The highest BCUT2D eigenvalue weighted by Crippen LogP contribution is 2.30. The molecule has 2 aliphatic heterocycles. The topological polar surface area (TPSA) is 23.6 Å². The number of piperidine rings is 2. The maximum Gasteiger partial charge on any atom is 0.225 e. The molecule has 1 aromatic rings. The third-order valence-corrected chi connectivity index (χ3v) is 6.78. The first-order chi connectivity index (χ1) is 12.8. The Morgan fingerprint density at radius 3 is 2.08 bits per heavy atom. The summed E-state index contributed by atoms with van der Waals surface area (Å²) in [5, 5.41) is 0. The van der Waals surface area contributed by atoms with Gasteiger partial charge in [0, 0.05) is 25.6 Å². The van der Waals surface area contributed by atoms with Crippen LogP contribution < -0.4 is 0 Å². The molecule has 3 aliphatic rings. The Labute approximate surface area is 158 Å². The molecular weight excluding hydrogens is 320 g/mol. The molecule has 0 spiro atoms. The molecule has 2 heterocycles. The van der Waals surface area contributed by atoms with Crippen molar-refractivity contribution < 1.29 is 4.79 Å². The molecule has 0 aromatic heterocycles. The van der Waals surface area contributed by atoms with Crippen molar-refractivity contribution in [1.29, 1.82) is 0 Å². The standard InChI is InChI=1S/C23H34N2O/c26-23(22-5-4-6-22)25-15-11-20(12-16-25)17-19-7-9-21(10-8-19)18-24-13-2-1-3-14-24/h7-10,20,22H,1-6,11-18H2. The molecule has 142 valence electrons. The summed E-state index contributed by atoms with van der Waals surface area (Å²) in [6, 6.07) is 9.34. The maximum atomic E-state index is 12.4. The second-order valence-electron chi connectivity index (χ2n) is 8.75. The highest BCUT2D eigenvalue weighted by Gasteiger charge is 2.31. The van der Waals surface area contributed by atoms with E-state index in [4.69, 9.17) is 0 Å². The zero-order valence-electron chi connectivity index (χ0n) is 16.2. The van der Waals surface area contributed by atoms with Gasteiger partial charge in [-0.3, -0.25) is 9.69 Å². The zero-order chi connectivity index (χ0) is 17.8. The lowest BCUT2D eigenvalue weighted by Gasteiger charge is -2.36. The minimum absolute atomic E-state index is 0.360. The number of amides is 1. The number of rotatable bonds is 5. The average molecular weight is 355 g/mol. The fourth-order valence-electron chi connectivity index (χ4n) is 4.76. The van der Waals surface area contributed by atoms with Crippen LogP contribution in [0.1, 0.15) is 62.5 Å². The normalized spacial score (nSPS) is 23.0. The molecule has 1 amide bonds. The summed E-state index contributed by atoms with van der Waals surface area (Å²) in [7, 11) is 0. The van der Waals surface area contributed by atoms with E-state index in [-0.39, 0.29) is 0 Å². The van der Waals surface area contributed by atoms with E-state index in [0.717, 1.165) is 38.4 Å². The van der Waals surface area contributed by atoms with E-state index in [0.29, 0.717) is 11.8 Å². The van der Waals surface area contributed by atoms with Gasteiger partial charge in [-0.15, -0.1) is 0 Å². The second-order valence-corrected chi connectivity index (χ2v) is 8.75. The van der Waals surface area contributed by atoms with Gasteiger partial charge in [0.1, 0.15) is 0 Å². The van der Waals surface area contributed by atoms with Gasteiger partial charge in [0.05, 0.1) is 0 Å². The number of carbonyl (C=O) groups excluding carboxylic acids is 1. The van der Waals surface area contributed by atoms with Gasteiger partial charge in [0.25, 0.3) is 0 Å². The summed E-state index contributed by atoms with van der Waals surface area (Å²) < 4.78 is 0. The lowest BCUT2D eigenvalue weighted by molar-refractivity contribution is -0.139. The average Bonchev–Trinajstić information content (AvgIpc) is 2.63. The van der Waals surface area contributed by atoms with Crippen molar-refractivity contribution in [2.45, 2.75) is 64.3 Å². The van der Waals surface area contributed by atoms with Crippen molar-refractivity contribution in [2.24, 2.45) is 11.8 Å². The Morgan fingerprint density at radius 1 is 0.808 bits per heavy atom. The van der Waals surface area contributed by atoms with Gasteiger partial charge in [0.15, 0.2) is 0 Å². The van der Waals surface area contributed by atoms with Crippen molar-refractivity contribution in [3.63, 3.8) is 0 Å². The van der Waals surface area contributed by atoms with Crippen LogP contribution in [0.25, 0.3) is 0 Å². The van der Waals surface area contributed by atoms with E-state index in [9.17, 15) is 4.79 Å². The fraction of sp³-hybridized carbons (Fsp3) is 0.696. The van der Waals surface area contributed by atoms with Gasteiger partial charge < -0.3 is 4.90 Å². The quantitative estimate of drug-likeness (QED) is 0.789. The third kappa shape index (κ3) is 4.49. The molecule has 3 nitrogen and oxygen atoms in total. The number of likely N-dealkylation sites (tertiary alicyclic amines) is 2. The van der Waals surface area contributed by atoms with Gasteiger partial charge in [-0.05, 0) is 75.1 Å². The molecule has 0 N–H and O–H groups in total. The van der Waals surface area contributed by atoms with E-state index < -0.39 is 0 Å². The third-order valence-electron chi connectivity index (χ3n) is 6.78. The van der Waals surface area contributed by atoms with Crippen LogP contribution in [-0.4, -0.2) is 41.9 Å². The van der Waals surface area contributed by atoms with Crippen molar-refractivity contribution in [2.75, 3.05) is 26.2 Å². The largest absolute Gasteiger partial charge is 0.342 e. The molecule has 1 aromatic carbocycles. The molecule has 3 fully saturated rings. The van der Waals surface area contributed by atoms with Crippen LogP contribution in [-0.2, 0) is 17.8 Å². The smallest absolute Gasteiger partial charge is 0.225 e. The van der Waals surface area contributed by atoms with E-state index in [2.05, 4.69) is 34.1 Å². The Balaban J connectivity index is 1.22. The minimum atomic E-state index is 0.360. The molecule has 26 heavy (non-hydrogen) atoms. The summed E-state index contributed by atoms with van der Waals surface area (Å²) in [5.41, 5.74) is 2.92.